The van der Waals surface area contributed by atoms with Gasteiger partial charge in [-0.2, -0.15) is 5.26 Å². The maximum absolute atomic E-state index is 9.49. The van der Waals surface area contributed by atoms with Gasteiger partial charge in [-0.3, -0.25) is 0 Å². The first-order chi connectivity index (χ1) is 10.5. The summed E-state index contributed by atoms with van der Waals surface area (Å²) < 4.78 is 6.69. The number of hydrogen-bond acceptors (Lipinski definition) is 5. The number of nitrogens with zero attached hydrogens (tertiary/aromatic N) is 2. The van der Waals surface area contributed by atoms with Gasteiger partial charge in [0.1, 0.15) is 17.4 Å². The molecule has 1 aliphatic rings. The van der Waals surface area contributed by atoms with Crippen LogP contribution in [0, 0.1) is 11.3 Å². The lowest BCUT2D eigenvalue weighted by Crippen LogP contribution is -2.21. The summed E-state index contributed by atoms with van der Waals surface area (Å²) in [5.74, 6) is 0.707. The Balaban J connectivity index is 2.18. The molecule has 22 heavy (non-hydrogen) atoms. The number of nitriles is 1. The van der Waals surface area contributed by atoms with Crippen LogP contribution < -0.4 is 15.4 Å². The molecule has 0 amide bonds. The minimum Gasteiger partial charge on any atom is -0.440 e. The monoisotopic (exact) mass is 375 g/mol. The molecule has 0 aliphatic carbocycles. The van der Waals surface area contributed by atoms with Crippen molar-refractivity contribution in [1.82, 2.24) is 0 Å². The minimum absolute atomic E-state index is 0.179. The van der Waals surface area contributed by atoms with Gasteiger partial charge < -0.3 is 15.4 Å². The molecule has 2 heterocycles. The Labute approximate surface area is 141 Å². The second-order valence-corrected chi connectivity index (χ2v) is 7.07. The fourth-order valence-corrected chi connectivity index (χ4v) is 4.07. The molecule has 0 saturated heterocycles. The summed E-state index contributed by atoms with van der Waals surface area (Å²) in [6, 6.07) is 10.2. The maximum atomic E-state index is 9.49. The Morgan fingerprint density at radius 1 is 1.36 bits per heavy atom. The summed E-state index contributed by atoms with van der Waals surface area (Å²) in [6.45, 7) is 0. The standard InChI is InChI=1S/C16H14BrN3OS/c1-20(2)10-3-4-11-13(6-10)21-16(19)12(7-18)15(11)14-5-9(17)8-22-14/h3-6,8,15H,19H2,1-2H3/t15-/m0/s1. The first-order valence-electron chi connectivity index (χ1n) is 6.64. The molecular weight excluding hydrogens is 362 g/mol. The maximum Gasteiger partial charge on any atom is 0.205 e. The number of halogens is 1. The molecule has 2 N–H and O–H groups in total. The van der Waals surface area contributed by atoms with E-state index in [1.54, 1.807) is 11.3 Å². The zero-order valence-electron chi connectivity index (χ0n) is 12.1. The van der Waals surface area contributed by atoms with Gasteiger partial charge in [-0.1, -0.05) is 6.07 Å². The first kappa shape index (κ1) is 14.9. The largest absolute Gasteiger partial charge is 0.440 e. The molecule has 1 atom stereocenters. The number of nitrogens with two attached hydrogens (primary N) is 1. The van der Waals surface area contributed by atoms with E-state index in [9.17, 15) is 5.26 Å². The highest BCUT2D eigenvalue weighted by Gasteiger charge is 2.31. The Kier molecular flexibility index (Phi) is 3.85. The topological polar surface area (TPSA) is 62.3 Å². The van der Waals surface area contributed by atoms with Gasteiger partial charge in [-0.05, 0) is 28.1 Å². The third-order valence-electron chi connectivity index (χ3n) is 3.59. The van der Waals surface area contributed by atoms with Crippen molar-refractivity contribution >= 4 is 33.0 Å². The van der Waals surface area contributed by atoms with Crippen molar-refractivity contribution in [3.8, 4) is 11.8 Å². The molecule has 2 aromatic rings. The van der Waals surface area contributed by atoms with Crippen LogP contribution >= 0.6 is 27.3 Å². The SMILES string of the molecule is CN(C)c1ccc2c(c1)OC(N)=C(C#N)[C@H]2c1cc(Br)cs1. The summed E-state index contributed by atoms with van der Waals surface area (Å²) in [4.78, 5) is 3.06. The number of benzene rings is 1. The lowest BCUT2D eigenvalue weighted by molar-refractivity contribution is 0.394. The number of fused-ring (bicyclic) bond motifs is 1. The average Bonchev–Trinajstić information content (AvgIpc) is 2.91. The normalized spacial score (nSPS) is 16.7. The van der Waals surface area contributed by atoms with Gasteiger partial charge in [0.05, 0.1) is 5.92 Å². The van der Waals surface area contributed by atoms with Crippen molar-refractivity contribution in [3.05, 3.63) is 56.0 Å². The molecule has 1 aromatic carbocycles. The van der Waals surface area contributed by atoms with E-state index >= 15 is 0 Å². The van der Waals surface area contributed by atoms with Crippen molar-refractivity contribution < 1.29 is 4.74 Å². The van der Waals surface area contributed by atoms with E-state index in [0.717, 1.165) is 20.6 Å². The highest BCUT2D eigenvalue weighted by Crippen LogP contribution is 2.45. The summed E-state index contributed by atoms with van der Waals surface area (Å²) in [6.07, 6.45) is 0. The van der Waals surface area contributed by atoms with E-state index in [-0.39, 0.29) is 11.8 Å². The van der Waals surface area contributed by atoms with Gasteiger partial charge in [0.2, 0.25) is 5.88 Å². The van der Waals surface area contributed by atoms with E-state index in [0.29, 0.717) is 11.3 Å². The minimum atomic E-state index is -0.179. The lowest BCUT2D eigenvalue weighted by atomic mass is 9.88. The Bertz CT molecular complexity index is 804. The van der Waals surface area contributed by atoms with Crippen LogP contribution in [0.1, 0.15) is 16.4 Å². The van der Waals surface area contributed by atoms with Gasteiger partial charge in [-0.15, -0.1) is 11.3 Å². The van der Waals surface area contributed by atoms with Gasteiger partial charge >= 0.3 is 0 Å². The van der Waals surface area contributed by atoms with Crippen LogP contribution in [0.15, 0.2) is 45.6 Å². The van der Waals surface area contributed by atoms with E-state index in [1.807, 2.05) is 48.6 Å². The third-order valence-corrected chi connectivity index (χ3v) is 5.35. The summed E-state index contributed by atoms with van der Waals surface area (Å²) in [7, 11) is 3.94. The third kappa shape index (κ3) is 2.47. The predicted molar refractivity (Wildman–Crippen MR) is 92.1 cm³/mol. The van der Waals surface area contributed by atoms with E-state index in [1.165, 1.54) is 0 Å². The van der Waals surface area contributed by atoms with Crippen LogP contribution in [0.25, 0.3) is 0 Å². The fraction of sp³-hybridized carbons (Fsp3) is 0.188. The second-order valence-electron chi connectivity index (χ2n) is 5.21. The van der Waals surface area contributed by atoms with Crippen LogP contribution in [-0.2, 0) is 0 Å². The molecule has 1 aromatic heterocycles. The van der Waals surface area contributed by atoms with Gasteiger partial charge in [0.15, 0.2) is 0 Å². The van der Waals surface area contributed by atoms with E-state index < -0.39 is 0 Å². The van der Waals surface area contributed by atoms with Crippen LogP contribution in [0.5, 0.6) is 5.75 Å². The van der Waals surface area contributed by atoms with E-state index in [2.05, 4.69) is 22.0 Å². The van der Waals surface area contributed by atoms with Crippen LogP contribution in [-0.4, -0.2) is 14.1 Å². The molecule has 0 saturated carbocycles. The number of anilines is 1. The Hall–Kier alpha value is -1.97. The molecule has 0 spiro atoms. The van der Waals surface area contributed by atoms with E-state index in [4.69, 9.17) is 10.5 Å². The van der Waals surface area contributed by atoms with Gasteiger partial charge in [0, 0.05) is 46.1 Å². The van der Waals surface area contributed by atoms with Crippen molar-refractivity contribution in [2.75, 3.05) is 19.0 Å². The fourth-order valence-electron chi connectivity index (χ4n) is 2.49. The second kappa shape index (κ2) is 5.67. The summed E-state index contributed by atoms with van der Waals surface area (Å²) in [5, 5.41) is 11.5. The molecule has 1 aliphatic heterocycles. The highest BCUT2D eigenvalue weighted by molar-refractivity contribution is 9.10. The van der Waals surface area contributed by atoms with Crippen molar-refractivity contribution in [2.24, 2.45) is 5.73 Å². The molecule has 0 bridgehead atoms. The summed E-state index contributed by atoms with van der Waals surface area (Å²) >= 11 is 5.07. The number of allylic oxidation sites excluding steroid dienone is 1. The molecule has 4 nitrogen and oxygen atoms in total. The molecule has 0 unspecified atom stereocenters. The van der Waals surface area contributed by atoms with Crippen LogP contribution in [0.3, 0.4) is 0 Å². The molecule has 6 heteroatoms. The zero-order valence-corrected chi connectivity index (χ0v) is 14.5. The Morgan fingerprint density at radius 2 is 2.14 bits per heavy atom. The molecule has 0 fully saturated rings. The smallest absolute Gasteiger partial charge is 0.205 e. The number of rotatable bonds is 2. The Morgan fingerprint density at radius 3 is 2.73 bits per heavy atom. The molecule has 3 rings (SSSR count). The first-order valence-corrected chi connectivity index (χ1v) is 8.31. The summed E-state index contributed by atoms with van der Waals surface area (Å²) in [5.41, 5.74) is 8.43. The average molecular weight is 376 g/mol. The molecule has 112 valence electrons. The van der Waals surface area contributed by atoms with Gasteiger partial charge in [0.25, 0.3) is 0 Å². The number of thiophene rings is 1. The highest BCUT2D eigenvalue weighted by atomic mass is 79.9. The van der Waals surface area contributed by atoms with Gasteiger partial charge in [-0.25, -0.2) is 0 Å². The molecular formula is C16H14BrN3OS. The van der Waals surface area contributed by atoms with Crippen molar-refractivity contribution in [2.45, 2.75) is 5.92 Å². The van der Waals surface area contributed by atoms with Crippen LogP contribution in [0.2, 0.25) is 0 Å². The lowest BCUT2D eigenvalue weighted by Gasteiger charge is -2.26. The molecule has 0 radical (unpaired) electrons. The quantitative estimate of drug-likeness (QED) is 0.866. The predicted octanol–water partition coefficient (Wildman–Crippen LogP) is 3.79. The van der Waals surface area contributed by atoms with Crippen molar-refractivity contribution in [3.63, 3.8) is 0 Å². The zero-order chi connectivity index (χ0) is 15.9. The van der Waals surface area contributed by atoms with Crippen molar-refractivity contribution in [1.29, 1.82) is 5.26 Å². The number of ether oxygens (including phenoxy) is 1. The number of hydrogen-bond donors (Lipinski definition) is 1. The van der Waals surface area contributed by atoms with Crippen LogP contribution in [0.4, 0.5) is 5.69 Å².